The molecule has 2 aromatic rings. The Bertz CT molecular complexity index is 698. The fourth-order valence-electron chi connectivity index (χ4n) is 2.21. The fourth-order valence-corrected chi connectivity index (χ4v) is 2.37. The molecule has 0 fully saturated rings. The average molecular weight is 292 g/mol. The summed E-state index contributed by atoms with van der Waals surface area (Å²) in [6, 6.07) is 1.75. The number of ether oxygens (including phenoxy) is 1. The van der Waals surface area contributed by atoms with Gasteiger partial charge in [-0.05, 0) is 36.4 Å². The SMILES string of the molecule is COC[C@@](C)(N=[N+]=[N-])c1cnc(C)c2cnc(Cl)cc12. The van der Waals surface area contributed by atoms with Gasteiger partial charge in [-0.1, -0.05) is 16.7 Å². The first kappa shape index (κ1) is 14.5. The van der Waals surface area contributed by atoms with Crippen molar-refractivity contribution in [1.82, 2.24) is 9.97 Å². The van der Waals surface area contributed by atoms with Gasteiger partial charge in [0.25, 0.3) is 0 Å². The molecule has 0 aliphatic carbocycles. The van der Waals surface area contributed by atoms with E-state index in [2.05, 4.69) is 20.0 Å². The minimum atomic E-state index is -0.854. The summed E-state index contributed by atoms with van der Waals surface area (Å²) in [5.74, 6) is 0. The first-order valence-electron chi connectivity index (χ1n) is 5.98. The van der Waals surface area contributed by atoms with Gasteiger partial charge in [-0.25, -0.2) is 4.98 Å². The Morgan fingerprint density at radius 1 is 1.40 bits per heavy atom. The van der Waals surface area contributed by atoms with Crippen molar-refractivity contribution in [2.45, 2.75) is 19.4 Å². The molecule has 0 aromatic carbocycles. The number of nitrogens with zero attached hydrogens (tertiary/aromatic N) is 5. The van der Waals surface area contributed by atoms with Crippen molar-refractivity contribution in [2.24, 2.45) is 5.11 Å². The zero-order valence-corrected chi connectivity index (χ0v) is 12.2. The number of hydrogen-bond acceptors (Lipinski definition) is 4. The van der Waals surface area contributed by atoms with Crippen LogP contribution in [-0.4, -0.2) is 23.7 Å². The number of aromatic nitrogens is 2. The molecule has 0 spiro atoms. The van der Waals surface area contributed by atoms with Gasteiger partial charge in [0, 0.05) is 35.5 Å². The molecule has 2 aromatic heterocycles. The van der Waals surface area contributed by atoms with E-state index in [1.807, 2.05) is 6.92 Å². The molecule has 0 aliphatic rings. The summed E-state index contributed by atoms with van der Waals surface area (Å²) in [4.78, 5) is 11.3. The number of azide groups is 1. The van der Waals surface area contributed by atoms with E-state index in [0.717, 1.165) is 22.0 Å². The van der Waals surface area contributed by atoms with E-state index in [0.29, 0.717) is 5.15 Å². The van der Waals surface area contributed by atoms with E-state index in [1.54, 1.807) is 32.5 Å². The Morgan fingerprint density at radius 3 is 2.80 bits per heavy atom. The molecule has 0 N–H and O–H groups in total. The standard InChI is InChI=1S/C13H14ClN5O/c1-8-10-5-17-12(14)4-9(10)11(6-16-8)13(2,7-20-3)18-19-15/h4-6H,7H2,1-3H3/t13-/m1/s1. The first-order valence-corrected chi connectivity index (χ1v) is 6.36. The van der Waals surface area contributed by atoms with Crippen LogP contribution in [0, 0.1) is 6.92 Å². The largest absolute Gasteiger partial charge is 0.384 e. The van der Waals surface area contributed by atoms with Crippen LogP contribution in [0.4, 0.5) is 0 Å². The summed E-state index contributed by atoms with van der Waals surface area (Å²) in [5, 5.41) is 6.00. The number of methoxy groups -OCH3 is 1. The zero-order chi connectivity index (χ0) is 14.8. The van der Waals surface area contributed by atoms with Crippen LogP contribution in [0.5, 0.6) is 0 Å². The summed E-state index contributed by atoms with van der Waals surface area (Å²) in [5.41, 5.74) is 9.57. The molecule has 1 atom stereocenters. The maximum atomic E-state index is 8.82. The lowest BCUT2D eigenvalue weighted by Gasteiger charge is -2.25. The minimum absolute atomic E-state index is 0.247. The highest BCUT2D eigenvalue weighted by Crippen LogP contribution is 2.33. The second-order valence-corrected chi connectivity index (χ2v) is 5.09. The van der Waals surface area contributed by atoms with Gasteiger partial charge < -0.3 is 4.74 Å². The lowest BCUT2D eigenvalue weighted by molar-refractivity contribution is 0.141. The number of fused-ring (bicyclic) bond motifs is 1. The third-order valence-corrected chi connectivity index (χ3v) is 3.42. The number of pyridine rings is 2. The maximum Gasteiger partial charge on any atom is 0.129 e. The topological polar surface area (TPSA) is 83.8 Å². The number of aryl methyl sites for hydroxylation is 1. The van der Waals surface area contributed by atoms with Gasteiger partial charge >= 0.3 is 0 Å². The summed E-state index contributed by atoms with van der Waals surface area (Å²) in [6.07, 6.45) is 3.37. The predicted octanol–water partition coefficient (Wildman–Crippen LogP) is 3.76. The van der Waals surface area contributed by atoms with Crippen LogP contribution in [0.15, 0.2) is 23.6 Å². The van der Waals surface area contributed by atoms with Crippen LogP contribution in [-0.2, 0) is 10.3 Å². The zero-order valence-electron chi connectivity index (χ0n) is 11.5. The predicted molar refractivity (Wildman–Crippen MR) is 77.7 cm³/mol. The monoisotopic (exact) mass is 291 g/mol. The Balaban J connectivity index is 2.79. The van der Waals surface area contributed by atoms with Crippen molar-refractivity contribution in [1.29, 1.82) is 0 Å². The van der Waals surface area contributed by atoms with E-state index in [9.17, 15) is 0 Å². The normalized spacial score (nSPS) is 13.8. The molecule has 20 heavy (non-hydrogen) atoms. The highest BCUT2D eigenvalue weighted by Gasteiger charge is 2.28. The average Bonchev–Trinajstić information content (AvgIpc) is 2.39. The van der Waals surface area contributed by atoms with Crippen LogP contribution < -0.4 is 0 Å². The number of rotatable bonds is 4. The van der Waals surface area contributed by atoms with Gasteiger partial charge in [-0.2, -0.15) is 0 Å². The molecule has 0 unspecified atom stereocenters. The van der Waals surface area contributed by atoms with E-state index in [4.69, 9.17) is 21.9 Å². The van der Waals surface area contributed by atoms with Crippen molar-refractivity contribution in [3.05, 3.63) is 45.3 Å². The van der Waals surface area contributed by atoms with Gasteiger partial charge in [0.15, 0.2) is 0 Å². The first-order chi connectivity index (χ1) is 9.51. The van der Waals surface area contributed by atoms with E-state index >= 15 is 0 Å². The highest BCUT2D eigenvalue weighted by molar-refractivity contribution is 6.30. The molecule has 2 heterocycles. The van der Waals surface area contributed by atoms with Gasteiger partial charge in [-0.15, -0.1) is 0 Å². The third-order valence-electron chi connectivity index (χ3n) is 3.21. The number of hydrogen-bond donors (Lipinski definition) is 0. The minimum Gasteiger partial charge on any atom is -0.384 e. The van der Waals surface area contributed by atoms with E-state index in [1.165, 1.54) is 0 Å². The van der Waals surface area contributed by atoms with Crippen LogP contribution in [0.1, 0.15) is 18.2 Å². The quantitative estimate of drug-likeness (QED) is 0.372. The fraction of sp³-hybridized carbons (Fsp3) is 0.385. The molecular weight excluding hydrogens is 278 g/mol. The van der Waals surface area contributed by atoms with Crippen molar-refractivity contribution < 1.29 is 4.74 Å². The van der Waals surface area contributed by atoms with E-state index in [-0.39, 0.29) is 6.61 Å². The van der Waals surface area contributed by atoms with Crippen molar-refractivity contribution in [3.8, 4) is 0 Å². The molecule has 0 amide bonds. The molecule has 6 nitrogen and oxygen atoms in total. The van der Waals surface area contributed by atoms with Crippen molar-refractivity contribution in [2.75, 3.05) is 13.7 Å². The van der Waals surface area contributed by atoms with E-state index < -0.39 is 5.54 Å². The Kier molecular flexibility index (Phi) is 4.09. The smallest absolute Gasteiger partial charge is 0.129 e. The van der Waals surface area contributed by atoms with Crippen LogP contribution in [0.2, 0.25) is 5.15 Å². The molecule has 0 bridgehead atoms. The van der Waals surface area contributed by atoms with Crippen molar-refractivity contribution in [3.63, 3.8) is 0 Å². The molecule has 2 rings (SSSR count). The summed E-state index contributed by atoms with van der Waals surface area (Å²) in [6.45, 7) is 3.94. The lowest BCUT2D eigenvalue weighted by atomic mass is 9.91. The summed E-state index contributed by atoms with van der Waals surface area (Å²) >= 11 is 5.98. The summed E-state index contributed by atoms with van der Waals surface area (Å²) in [7, 11) is 1.56. The van der Waals surface area contributed by atoms with Crippen LogP contribution in [0.25, 0.3) is 21.2 Å². The molecule has 7 heteroatoms. The van der Waals surface area contributed by atoms with Gasteiger partial charge in [0.2, 0.25) is 0 Å². The highest BCUT2D eigenvalue weighted by atomic mass is 35.5. The molecular formula is C13H14ClN5O. The molecule has 0 saturated heterocycles. The van der Waals surface area contributed by atoms with Gasteiger partial charge in [-0.3, -0.25) is 4.98 Å². The molecule has 0 saturated carbocycles. The van der Waals surface area contributed by atoms with Crippen molar-refractivity contribution >= 4 is 22.4 Å². The van der Waals surface area contributed by atoms with Crippen LogP contribution in [0.3, 0.4) is 0 Å². The second-order valence-electron chi connectivity index (χ2n) is 4.71. The second kappa shape index (κ2) is 5.63. The number of halogens is 1. The molecule has 0 radical (unpaired) electrons. The molecule has 104 valence electrons. The van der Waals surface area contributed by atoms with Gasteiger partial charge in [0.05, 0.1) is 12.1 Å². The Labute approximate surface area is 121 Å². The van der Waals surface area contributed by atoms with Crippen LogP contribution >= 0.6 is 11.6 Å². The third kappa shape index (κ3) is 2.54. The summed E-state index contributed by atoms with van der Waals surface area (Å²) < 4.78 is 5.18. The lowest BCUT2D eigenvalue weighted by Crippen LogP contribution is -2.25. The Hall–Kier alpha value is -1.88. The maximum absolute atomic E-state index is 8.82. The van der Waals surface area contributed by atoms with Gasteiger partial charge in [0.1, 0.15) is 5.15 Å². The molecule has 0 aliphatic heterocycles. The Morgan fingerprint density at radius 2 is 2.15 bits per heavy atom.